The number of nitrogens with one attached hydrogen (secondary N) is 1. The minimum atomic E-state index is -4.38. The summed E-state index contributed by atoms with van der Waals surface area (Å²) >= 11 is 0. The van der Waals surface area contributed by atoms with Gasteiger partial charge >= 0.3 is 12.2 Å². The highest BCUT2D eigenvalue weighted by atomic mass is 19.4. The van der Waals surface area contributed by atoms with Crippen LogP contribution in [0.25, 0.3) is 0 Å². The third-order valence-corrected chi connectivity index (χ3v) is 4.72. The molecule has 4 nitrogen and oxygen atoms in total. The average Bonchev–Trinajstić information content (AvgIpc) is 3.24. The molecule has 2 fully saturated rings. The maximum Gasteiger partial charge on any atom is 0.416 e. The number of hydrogen-bond donors (Lipinski definition) is 1. The Hall–Kier alpha value is -1.76. The van der Waals surface area contributed by atoms with Crippen molar-refractivity contribution in [2.24, 2.45) is 5.92 Å². The second-order valence-corrected chi connectivity index (χ2v) is 6.52. The maximum absolute atomic E-state index is 12.9. The van der Waals surface area contributed by atoms with Gasteiger partial charge in [0.1, 0.15) is 0 Å². The fourth-order valence-electron chi connectivity index (χ4n) is 3.04. The summed E-state index contributed by atoms with van der Waals surface area (Å²) in [6.45, 7) is 1.13. The van der Waals surface area contributed by atoms with E-state index in [9.17, 15) is 18.0 Å². The van der Waals surface area contributed by atoms with Crippen LogP contribution in [0.15, 0.2) is 24.3 Å². The summed E-state index contributed by atoms with van der Waals surface area (Å²) < 4.78 is 44.1. The van der Waals surface area contributed by atoms with E-state index in [0.717, 1.165) is 31.4 Å². The minimum absolute atomic E-state index is 0.0198. The minimum Gasteiger partial charge on any atom is -0.379 e. The Bertz CT molecular complexity index is 596. The Morgan fingerprint density at radius 2 is 2.08 bits per heavy atom. The molecule has 0 aromatic heterocycles. The molecule has 0 radical (unpaired) electrons. The summed E-state index contributed by atoms with van der Waals surface area (Å²) in [6.07, 6.45) is -1.78. The molecule has 1 N–H and O–H groups in total. The SMILES string of the molecule is CN(C(=O)N[C@H](c1cccc(C(F)(F)F)c1)C1CC1)[C@H]1CCOC1. The van der Waals surface area contributed by atoms with Crippen molar-refractivity contribution in [1.82, 2.24) is 10.2 Å². The molecule has 1 aliphatic carbocycles. The lowest BCUT2D eigenvalue weighted by molar-refractivity contribution is -0.137. The summed E-state index contributed by atoms with van der Waals surface area (Å²) in [6, 6.07) is 4.61. The molecule has 1 aromatic carbocycles. The van der Waals surface area contributed by atoms with Gasteiger partial charge in [-0.2, -0.15) is 13.2 Å². The molecule has 3 rings (SSSR count). The molecule has 24 heavy (non-hydrogen) atoms. The van der Waals surface area contributed by atoms with E-state index in [0.29, 0.717) is 18.8 Å². The smallest absolute Gasteiger partial charge is 0.379 e. The van der Waals surface area contributed by atoms with E-state index in [2.05, 4.69) is 5.32 Å². The first kappa shape index (κ1) is 17.1. The van der Waals surface area contributed by atoms with Gasteiger partial charge in [0.15, 0.2) is 0 Å². The van der Waals surface area contributed by atoms with Crippen molar-refractivity contribution in [3.05, 3.63) is 35.4 Å². The van der Waals surface area contributed by atoms with Crippen LogP contribution in [-0.2, 0) is 10.9 Å². The Labute approximate surface area is 139 Å². The number of benzene rings is 1. The topological polar surface area (TPSA) is 41.6 Å². The van der Waals surface area contributed by atoms with Crippen LogP contribution in [0.3, 0.4) is 0 Å². The molecule has 2 atom stereocenters. The molecule has 7 heteroatoms. The summed E-state index contributed by atoms with van der Waals surface area (Å²) in [4.78, 5) is 14.1. The normalized spacial score (nSPS) is 22.2. The van der Waals surface area contributed by atoms with Gasteiger partial charge in [0.05, 0.1) is 24.3 Å². The van der Waals surface area contributed by atoms with Crippen molar-refractivity contribution in [3.8, 4) is 0 Å². The predicted molar refractivity (Wildman–Crippen MR) is 82.4 cm³/mol. The number of amides is 2. The number of likely N-dealkylation sites (N-methyl/N-ethyl adjacent to an activating group) is 1. The second kappa shape index (κ2) is 6.63. The number of alkyl halides is 3. The van der Waals surface area contributed by atoms with Crippen LogP contribution in [0.5, 0.6) is 0 Å². The predicted octanol–water partition coefficient (Wildman–Crippen LogP) is 3.59. The third-order valence-electron chi connectivity index (χ3n) is 4.72. The molecule has 1 heterocycles. The van der Waals surface area contributed by atoms with Crippen LogP contribution in [0, 0.1) is 5.92 Å². The molecule has 0 spiro atoms. The lowest BCUT2D eigenvalue weighted by atomic mass is 10.00. The first-order valence-electron chi connectivity index (χ1n) is 8.14. The van der Waals surface area contributed by atoms with Crippen molar-refractivity contribution in [3.63, 3.8) is 0 Å². The molecule has 132 valence electrons. The zero-order valence-corrected chi connectivity index (χ0v) is 13.5. The Morgan fingerprint density at radius 1 is 1.33 bits per heavy atom. The Kier molecular flexibility index (Phi) is 4.71. The van der Waals surface area contributed by atoms with E-state index in [-0.39, 0.29) is 24.0 Å². The number of carbonyl (C=O) groups is 1. The number of nitrogens with zero attached hydrogens (tertiary/aromatic N) is 1. The van der Waals surface area contributed by atoms with Crippen LogP contribution in [-0.4, -0.2) is 37.2 Å². The first-order chi connectivity index (χ1) is 11.4. The van der Waals surface area contributed by atoms with Gasteiger partial charge in [0.25, 0.3) is 0 Å². The van der Waals surface area contributed by atoms with Crippen molar-refractivity contribution < 1.29 is 22.7 Å². The number of halogens is 3. The van der Waals surface area contributed by atoms with Gasteiger partial charge in [-0.1, -0.05) is 12.1 Å². The molecule has 1 saturated heterocycles. The third kappa shape index (κ3) is 3.83. The van der Waals surface area contributed by atoms with Crippen LogP contribution in [0.1, 0.15) is 36.4 Å². The molecule has 2 amide bonds. The maximum atomic E-state index is 12.9. The molecule has 1 saturated carbocycles. The number of urea groups is 1. The van der Waals surface area contributed by atoms with Gasteiger partial charge < -0.3 is 15.0 Å². The zero-order chi connectivity index (χ0) is 17.3. The fraction of sp³-hybridized carbons (Fsp3) is 0.588. The van der Waals surface area contributed by atoms with Crippen molar-refractivity contribution >= 4 is 6.03 Å². The van der Waals surface area contributed by atoms with E-state index in [4.69, 9.17) is 4.74 Å². The summed E-state index contributed by atoms with van der Waals surface area (Å²) in [7, 11) is 1.70. The van der Waals surface area contributed by atoms with Gasteiger partial charge in [0.2, 0.25) is 0 Å². The standard InChI is InChI=1S/C17H21F3N2O2/c1-22(14-7-8-24-10-14)16(23)21-15(11-5-6-11)12-3-2-4-13(9-12)17(18,19)20/h2-4,9,11,14-15H,5-8,10H2,1H3,(H,21,23)/t14-,15-/m0/s1. The lowest BCUT2D eigenvalue weighted by Gasteiger charge is -2.27. The number of carbonyl (C=O) groups excluding carboxylic acids is 1. The number of rotatable bonds is 4. The van der Waals surface area contributed by atoms with Crippen molar-refractivity contribution in [1.29, 1.82) is 0 Å². The summed E-state index contributed by atoms with van der Waals surface area (Å²) in [5.74, 6) is 0.200. The lowest BCUT2D eigenvalue weighted by Crippen LogP contribution is -2.45. The molecular weight excluding hydrogens is 321 g/mol. The molecule has 1 aliphatic heterocycles. The van der Waals surface area contributed by atoms with Gasteiger partial charge in [-0.3, -0.25) is 0 Å². The molecule has 0 bridgehead atoms. The van der Waals surface area contributed by atoms with E-state index >= 15 is 0 Å². The molecular formula is C17H21F3N2O2. The van der Waals surface area contributed by atoms with Gasteiger partial charge in [-0.15, -0.1) is 0 Å². The van der Waals surface area contributed by atoms with E-state index < -0.39 is 11.7 Å². The van der Waals surface area contributed by atoms with Gasteiger partial charge in [-0.05, 0) is 42.9 Å². The van der Waals surface area contributed by atoms with E-state index in [1.54, 1.807) is 18.0 Å². The van der Waals surface area contributed by atoms with Gasteiger partial charge in [0, 0.05) is 13.7 Å². The number of ether oxygens (including phenoxy) is 1. The Balaban J connectivity index is 1.74. The second-order valence-electron chi connectivity index (χ2n) is 6.52. The summed E-state index contributed by atoms with van der Waals surface area (Å²) in [5.41, 5.74) is -0.172. The summed E-state index contributed by atoms with van der Waals surface area (Å²) in [5, 5.41) is 2.91. The van der Waals surface area contributed by atoms with E-state index in [1.807, 2.05) is 0 Å². The highest BCUT2D eigenvalue weighted by molar-refractivity contribution is 5.75. The van der Waals surface area contributed by atoms with Gasteiger partial charge in [-0.25, -0.2) is 4.79 Å². The highest BCUT2D eigenvalue weighted by Crippen LogP contribution is 2.42. The van der Waals surface area contributed by atoms with Crippen molar-refractivity contribution in [2.45, 2.75) is 37.5 Å². The van der Waals surface area contributed by atoms with Crippen LogP contribution in [0.4, 0.5) is 18.0 Å². The zero-order valence-electron chi connectivity index (χ0n) is 13.5. The van der Waals surface area contributed by atoms with Crippen LogP contribution < -0.4 is 5.32 Å². The highest BCUT2D eigenvalue weighted by Gasteiger charge is 2.37. The van der Waals surface area contributed by atoms with E-state index in [1.165, 1.54) is 6.07 Å². The average molecular weight is 342 g/mol. The largest absolute Gasteiger partial charge is 0.416 e. The fourth-order valence-corrected chi connectivity index (χ4v) is 3.04. The molecule has 2 aliphatic rings. The van der Waals surface area contributed by atoms with Crippen molar-refractivity contribution in [2.75, 3.05) is 20.3 Å². The monoisotopic (exact) mass is 342 g/mol. The molecule has 0 unspecified atom stereocenters. The quantitative estimate of drug-likeness (QED) is 0.909. The Morgan fingerprint density at radius 3 is 2.67 bits per heavy atom. The van der Waals surface area contributed by atoms with Crippen LogP contribution >= 0.6 is 0 Å². The number of hydrogen-bond acceptors (Lipinski definition) is 2. The first-order valence-corrected chi connectivity index (χ1v) is 8.14. The molecule has 1 aromatic rings. The van der Waals surface area contributed by atoms with Crippen LogP contribution in [0.2, 0.25) is 0 Å².